The summed E-state index contributed by atoms with van der Waals surface area (Å²) in [6.07, 6.45) is 2.83. The Morgan fingerprint density at radius 3 is 2.57 bits per heavy atom. The van der Waals surface area contributed by atoms with Crippen LogP contribution >= 0.6 is 0 Å². The van der Waals surface area contributed by atoms with Gasteiger partial charge in [0.05, 0.1) is 0 Å². The first-order valence-corrected chi connectivity index (χ1v) is 5.22. The van der Waals surface area contributed by atoms with Gasteiger partial charge in [0.25, 0.3) is 0 Å². The molecule has 0 radical (unpaired) electrons. The highest BCUT2D eigenvalue weighted by Crippen LogP contribution is 2.65. The lowest BCUT2D eigenvalue weighted by molar-refractivity contribution is -0.135. The Balaban J connectivity index is 2.39. The molecule has 0 aliphatic heterocycles. The average Bonchev–Trinajstić information content (AvgIpc) is 2.36. The Bertz CT molecular complexity index is 308. The second kappa shape index (κ2) is 2.59. The normalized spacial score (nSPS) is 39.0. The Kier molecular flexibility index (Phi) is 1.79. The molecule has 14 heavy (non-hydrogen) atoms. The van der Waals surface area contributed by atoms with Crippen LogP contribution in [0.25, 0.3) is 0 Å². The summed E-state index contributed by atoms with van der Waals surface area (Å²) in [6, 6.07) is 0. The van der Waals surface area contributed by atoms with E-state index in [0.29, 0.717) is 12.3 Å². The van der Waals surface area contributed by atoms with Crippen molar-refractivity contribution in [2.75, 3.05) is 0 Å². The van der Waals surface area contributed by atoms with Gasteiger partial charge in [-0.15, -0.1) is 0 Å². The molecule has 2 unspecified atom stereocenters. The number of hydrogen-bond acceptors (Lipinski definition) is 2. The minimum Gasteiger partial charge on any atom is -0.370 e. The van der Waals surface area contributed by atoms with Gasteiger partial charge in [0.1, 0.15) is 5.78 Å². The van der Waals surface area contributed by atoms with Crippen LogP contribution in [0.3, 0.4) is 0 Å². The number of ketones is 1. The number of rotatable bonds is 2. The molecule has 1 amide bonds. The maximum absolute atomic E-state index is 11.9. The van der Waals surface area contributed by atoms with Crippen molar-refractivity contribution < 1.29 is 9.59 Å². The number of fused-ring (bicyclic) bond motifs is 2. The molecule has 3 nitrogen and oxygen atoms in total. The summed E-state index contributed by atoms with van der Waals surface area (Å²) in [5.41, 5.74) is 4.79. The van der Waals surface area contributed by atoms with Gasteiger partial charge in [-0.1, -0.05) is 13.8 Å². The number of hydrogen-bond donors (Lipinski definition) is 1. The maximum atomic E-state index is 11.9. The van der Waals surface area contributed by atoms with E-state index >= 15 is 0 Å². The van der Waals surface area contributed by atoms with E-state index in [0.717, 1.165) is 12.8 Å². The van der Waals surface area contributed by atoms with Crippen molar-refractivity contribution in [3.8, 4) is 0 Å². The summed E-state index contributed by atoms with van der Waals surface area (Å²) in [5.74, 6) is 0.390. The number of carbonyl (C=O) groups is 2. The smallest absolute Gasteiger partial charge is 0.218 e. The number of Topliss-reactive ketones (excluding diaryl/α,β-unsaturated/α-hetero) is 1. The first-order chi connectivity index (χ1) is 6.40. The molecule has 0 aromatic rings. The van der Waals surface area contributed by atoms with Crippen molar-refractivity contribution in [3.63, 3.8) is 0 Å². The Hall–Kier alpha value is -0.860. The summed E-state index contributed by atoms with van der Waals surface area (Å²) < 4.78 is 0. The van der Waals surface area contributed by atoms with Crippen LogP contribution in [0, 0.1) is 16.7 Å². The first kappa shape index (κ1) is 9.69. The SMILES string of the molecule is CC1(C)C2CCC1(CC(N)=O)C(=O)C2. The zero-order chi connectivity index (χ0) is 10.6. The van der Waals surface area contributed by atoms with Crippen molar-refractivity contribution in [2.45, 2.75) is 39.5 Å². The molecule has 0 heterocycles. The lowest BCUT2D eigenvalue weighted by Gasteiger charge is -2.35. The molecule has 78 valence electrons. The third-order valence-corrected chi connectivity index (χ3v) is 4.62. The molecule has 2 atom stereocenters. The molecule has 0 spiro atoms. The summed E-state index contributed by atoms with van der Waals surface area (Å²) in [4.78, 5) is 22.9. The number of carbonyl (C=O) groups excluding carboxylic acids is 2. The third kappa shape index (κ3) is 0.928. The van der Waals surface area contributed by atoms with Gasteiger partial charge in [-0.05, 0) is 24.2 Å². The van der Waals surface area contributed by atoms with Gasteiger partial charge in [-0.25, -0.2) is 0 Å². The summed E-state index contributed by atoms with van der Waals surface area (Å²) >= 11 is 0. The quantitative estimate of drug-likeness (QED) is 0.721. The van der Waals surface area contributed by atoms with Crippen molar-refractivity contribution in [1.82, 2.24) is 0 Å². The van der Waals surface area contributed by atoms with E-state index < -0.39 is 5.41 Å². The lowest BCUT2D eigenvalue weighted by atomic mass is 9.67. The third-order valence-electron chi connectivity index (χ3n) is 4.62. The fourth-order valence-corrected chi connectivity index (χ4v) is 3.48. The molecule has 0 aromatic carbocycles. The van der Waals surface area contributed by atoms with E-state index in [-0.39, 0.29) is 23.5 Å². The van der Waals surface area contributed by atoms with Crippen molar-refractivity contribution in [2.24, 2.45) is 22.5 Å². The predicted molar refractivity (Wildman–Crippen MR) is 52.4 cm³/mol. The molecule has 2 saturated carbocycles. The molecule has 2 fully saturated rings. The van der Waals surface area contributed by atoms with Crippen molar-refractivity contribution in [1.29, 1.82) is 0 Å². The lowest BCUT2D eigenvalue weighted by Crippen LogP contribution is -2.39. The topological polar surface area (TPSA) is 60.2 Å². The zero-order valence-electron chi connectivity index (χ0n) is 8.80. The second-order valence-electron chi connectivity index (χ2n) is 5.31. The highest BCUT2D eigenvalue weighted by Gasteiger charge is 2.64. The molecule has 0 saturated heterocycles. The van der Waals surface area contributed by atoms with E-state index in [1.807, 2.05) is 0 Å². The van der Waals surface area contributed by atoms with Gasteiger partial charge in [0.2, 0.25) is 5.91 Å². The summed E-state index contributed by atoms with van der Waals surface area (Å²) in [6.45, 7) is 4.22. The highest BCUT2D eigenvalue weighted by atomic mass is 16.1. The minimum atomic E-state index is -0.427. The maximum Gasteiger partial charge on any atom is 0.218 e. The van der Waals surface area contributed by atoms with Crippen LogP contribution in [0.4, 0.5) is 0 Å². The predicted octanol–water partition coefficient (Wildman–Crippen LogP) is 1.26. The molecular formula is C11H17NO2. The molecule has 2 bridgehead atoms. The summed E-state index contributed by atoms with van der Waals surface area (Å²) in [5, 5.41) is 0. The standard InChI is InChI=1S/C11H17NO2/c1-10(2)7-3-4-11(10,6-9(12)14)8(13)5-7/h7H,3-6H2,1-2H3,(H2,12,14). The molecule has 2 rings (SSSR count). The average molecular weight is 195 g/mol. The fraction of sp³-hybridized carbons (Fsp3) is 0.818. The second-order valence-corrected chi connectivity index (χ2v) is 5.31. The Morgan fingerprint density at radius 1 is 1.57 bits per heavy atom. The number of nitrogens with two attached hydrogens (primary N) is 1. The van der Waals surface area contributed by atoms with E-state index in [4.69, 9.17) is 5.73 Å². The van der Waals surface area contributed by atoms with Gasteiger partial charge >= 0.3 is 0 Å². The van der Waals surface area contributed by atoms with Gasteiger partial charge in [0.15, 0.2) is 0 Å². The van der Waals surface area contributed by atoms with Crippen LogP contribution < -0.4 is 5.73 Å². The summed E-state index contributed by atoms with van der Waals surface area (Å²) in [7, 11) is 0. The minimum absolute atomic E-state index is 0.0287. The van der Waals surface area contributed by atoms with Gasteiger partial charge < -0.3 is 5.73 Å². The van der Waals surface area contributed by atoms with Crippen LogP contribution in [0.2, 0.25) is 0 Å². The fourth-order valence-electron chi connectivity index (χ4n) is 3.48. The zero-order valence-corrected chi connectivity index (χ0v) is 8.80. The van der Waals surface area contributed by atoms with Crippen LogP contribution in [0.15, 0.2) is 0 Å². The van der Waals surface area contributed by atoms with Crippen LogP contribution in [-0.2, 0) is 9.59 Å². The largest absolute Gasteiger partial charge is 0.370 e. The number of amides is 1. The van der Waals surface area contributed by atoms with Gasteiger partial charge in [-0.3, -0.25) is 9.59 Å². The molecule has 2 aliphatic rings. The highest BCUT2D eigenvalue weighted by molar-refractivity contribution is 5.93. The van der Waals surface area contributed by atoms with E-state index in [1.54, 1.807) is 0 Å². The molecular weight excluding hydrogens is 178 g/mol. The van der Waals surface area contributed by atoms with E-state index in [1.165, 1.54) is 0 Å². The molecule has 0 aromatic heterocycles. The Labute approximate surface area is 84.0 Å². The van der Waals surface area contributed by atoms with Crippen LogP contribution in [0.1, 0.15) is 39.5 Å². The van der Waals surface area contributed by atoms with Crippen LogP contribution in [-0.4, -0.2) is 11.7 Å². The van der Waals surface area contributed by atoms with Crippen molar-refractivity contribution >= 4 is 11.7 Å². The molecule has 2 N–H and O–H groups in total. The van der Waals surface area contributed by atoms with E-state index in [2.05, 4.69) is 13.8 Å². The monoisotopic (exact) mass is 195 g/mol. The van der Waals surface area contributed by atoms with Crippen LogP contribution in [0.5, 0.6) is 0 Å². The Morgan fingerprint density at radius 2 is 2.21 bits per heavy atom. The van der Waals surface area contributed by atoms with Gasteiger partial charge in [-0.2, -0.15) is 0 Å². The molecule has 2 aliphatic carbocycles. The first-order valence-electron chi connectivity index (χ1n) is 5.22. The van der Waals surface area contributed by atoms with Crippen molar-refractivity contribution in [3.05, 3.63) is 0 Å². The van der Waals surface area contributed by atoms with E-state index in [9.17, 15) is 9.59 Å². The van der Waals surface area contributed by atoms with Gasteiger partial charge in [0, 0.05) is 18.3 Å². The number of primary amides is 1. The molecule has 3 heteroatoms.